The molecule has 74 valence electrons. The van der Waals surface area contributed by atoms with Gasteiger partial charge in [-0.05, 0) is 13.0 Å². The van der Waals surface area contributed by atoms with Crippen molar-refractivity contribution in [3.63, 3.8) is 0 Å². The van der Waals surface area contributed by atoms with Crippen molar-refractivity contribution >= 4 is 28.8 Å². The van der Waals surface area contributed by atoms with E-state index in [0.717, 1.165) is 6.07 Å². The highest BCUT2D eigenvalue weighted by molar-refractivity contribution is 6.33. The van der Waals surface area contributed by atoms with Crippen LogP contribution in [0.4, 0.5) is 11.4 Å². The molecule has 1 aromatic carbocycles. The number of benzene rings is 1. The van der Waals surface area contributed by atoms with Crippen LogP contribution in [0.15, 0.2) is 12.1 Å². The minimum absolute atomic E-state index is 0.0306. The van der Waals surface area contributed by atoms with Gasteiger partial charge in [0.2, 0.25) is 0 Å². The van der Waals surface area contributed by atoms with Gasteiger partial charge in [-0.1, -0.05) is 11.6 Å². The third-order valence-electron chi connectivity index (χ3n) is 1.69. The molecular formula is C8H7ClN2O3. The fraction of sp³-hybridized carbons (Fsp3) is 0.125. The summed E-state index contributed by atoms with van der Waals surface area (Å²) in [6.45, 7) is 1.23. The number of Topliss-reactive ketones (excluding diaryl/α,β-unsaturated/α-hetero) is 1. The number of nitrogens with zero attached hydrogens (tertiary/aromatic N) is 1. The molecule has 0 fully saturated rings. The molecule has 0 saturated carbocycles. The molecule has 0 aliphatic carbocycles. The van der Waals surface area contributed by atoms with Gasteiger partial charge in [0.15, 0.2) is 5.78 Å². The van der Waals surface area contributed by atoms with Crippen LogP contribution >= 0.6 is 11.6 Å². The highest BCUT2D eigenvalue weighted by Gasteiger charge is 2.19. The zero-order chi connectivity index (χ0) is 10.9. The number of ketones is 1. The molecule has 6 heteroatoms. The highest BCUT2D eigenvalue weighted by Crippen LogP contribution is 2.28. The zero-order valence-corrected chi connectivity index (χ0v) is 8.04. The number of hydrogen-bond donors (Lipinski definition) is 1. The van der Waals surface area contributed by atoms with Crippen molar-refractivity contribution in [1.82, 2.24) is 0 Å². The maximum Gasteiger partial charge on any atom is 0.281 e. The first kappa shape index (κ1) is 10.5. The van der Waals surface area contributed by atoms with Gasteiger partial charge in [0.1, 0.15) is 0 Å². The number of nitro groups is 1. The number of anilines is 1. The van der Waals surface area contributed by atoms with Crippen molar-refractivity contribution in [3.05, 3.63) is 32.8 Å². The van der Waals surface area contributed by atoms with Crippen LogP contribution in [-0.2, 0) is 0 Å². The molecule has 5 nitrogen and oxygen atoms in total. The first-order chi connectivity index (χ1) is 6.43. The minimum Gasteiger partial charge on any atom is -0.397 e. The van der Waals surface area contributed by atoms with E-state index < -0.39 is 10.7 Å². The van der Waals surface area contributed by atoms with Crippen molar-refractivity contribution in [3.8, 4) is 0 Å². The number of carbonyl (C=O) groups is 1. The Kier molecular flexibility index (Phi) is 2.71. The number of nitro benzene ring substituents is 1. The van der Waals surface area contributed by atoms with Gasteiger partial charge in [0, 0.05) is 6.07 Å². The molecule has 0 unspecified atom stereocenters. The number of nitrogens with two attached hydrogens (primary N) is 1. The van der Waals surface area contributed by atoms with E-state index in [9.17, 15) is 14.9 Å². The second kappa shape index (κ2) is 3.63. The molecule has 2 N–H and O–H groups in total. The van der Waals surface area contributed by atoms with Gasteiger partial charge in [-0.3, -0.25) is 14.9 Å². The average molecular weight is 215 g/mol. The first-order valence-corrected chi connectivity index (χ1v) is 4.05. The lowest BCUT2D eigenvalue weighted by Crippen LogP contribution is -2.02. The van der Waals surface area contributed by atoms with Crippen LogP contribution in [0.5, 0.6) is 0 Å². The fourth-order valence-electron chi connectivity index (χ4n) is 1.01. The van der Waals surface area contributed by atoms with Crippen molar-refractivity contribution in [2.45, 2.75) is 6.92 Å². The second-order valence-corrected chi connectivity index (χ2v) is 3.11. The smallest absolute Gasteiger partial charge is 0.281 e. The molecule has 0 bridgehead atoms. The lowest BCUT2D eigenvalue weighted by atomic mass is 10.1. The molecule has 0 aromatic heterocycles. The summed E-state index contributed by atoms with van der Waals surface area (Å²) in [6.07, 6.45) is 0. The fourth-order valence-corrected chi connectivity index (χ4v) is 1.17. The highest BCUT2D eigenvalue weighted by atomic mass is 35.5. The molecule has 0 aliphatic heterocycles. The summed E-state index contributed by atoms with van der Waals surface area (Å²) in [6, 6.07) is 2.29. The molecule has 0 amide bonds. The monoisotopic (exact) mass is 214 g/mol. The standard InChI is InChI=1S/C8H7ClN2O3/c1-4(12)5-2-7(10)6(9)3-8(5)11(13)14/h2-3H,10H2,1H3. The quantitative estimate of drug-likeness (QED) is 0.353. The third kappa shape index (κ3) is 1.82. The van der Waals surface area contributed by atoms with E-state index in [4.69, 9.17) is 17.3 Å². The van der Waals surface area contributed by atoms with Crippen molar-refractivity contribution in [1.29, 1.82) is 0 Å². The molecular weight excluding hydrogens is 208 g/mol. The Balaban J connectivity index is 3.46. The molecule has 0 heterocycles. The topological polar surface area (TPSA) is 86.2 Å². The number of nitrogen functional groups attached to an aromatic ring is 1. The van der Waals surface area contributed by atoms with Crippen LogP contribution in [0.25, 0.3) is 0 Å². The second-order valence-electron chi connectivity index (χ2n) is 2.70. The predicted molar refractivity (Wildman–Crippen MR) is 52.5 cm³/mol. The van der Waals surface area contributed by atoms with Crippen LogP contribution in [0.2, 0.25) is 5.02 Å². The lowest BCUT2D eigenvalue weighted by molar-refractivity contribution is -0.385. The van der Waals surface area contributed by atoms with Crippen LogP contribution in [-0.4, -0.2) is 10.7 Å². The summed E-state index contributed by atoms with van der Waals surface area (Å²) in [5.74, 6) is -0.417. The zero-order valence-electron chi connectivity index (χ0n) is 7.28. The number of carbonyl (C=O) groups excluding carboxylic acids is 1. The van der Waals surface area contributed by atoms with Crippen LogP contribution < -0.4 is 5.73 Å². The van der Waals surface area contributed by atoms with Gasteiger partial charge >= 0.3 is 0 Å². The summed E-state index contributed by atoms with van der Waals surface area (Å²) in [4.78, 5) is 20.9. The van der Waals surface area contributed by atoms with E-state index in [-0.39, 0.29) is 22.0 Å². The lowest BCUT2D eigenvalue weighted by Gasteiger charge is -2.02. The van der Waals surface area contributed by atoms with Gasteiger partial charge < -0.3 is 5.73 Å². The van der Waals surface area contributed by atoms with Crippen LogP contribution in [0, 0.1) is 10.1 Å². The van der Waals surface area contributed by atoms with E-state index in [1.165, 1.54) is 13.0 Å². The van der Waals surface area contributed by atoms with E-state index in [2.05, 4.69) is 0 Å². The molecule has 1 rings (SSSR count). The van der Waals surface area contributed by atoms with E-state index in [0.29, 0.717) is 0 Å². The maximum atomic E-state index is 11.0. The number of hydrogen-bond acceptors (Lipinski definition) is 4. The largest absolute Gasteiger partial charge is 0.397 e. The van der Waals surface area contributed by atoms with E-state index >= 15 is 0 Å². The molecule has 1 aromatic rings. The Morgan fingerprint density at radius 3 is 2.57 bits per heavy atom. The SMILES string of the molecule is CC(=O)c1cc(N)c(Cl)cc1[N+](=O)[O-]. The molecule has 0 saturated heterocycles. The Morgan fingerprint density at radius 2 is 2.14 bits per heavy atom. The van der Waals surface area contributed by atoms with Crippen molar-refractivity contribution < 1.29 is 9.72 Å². The maximum absolute atomic E-state index is 11.0. The number of rotatable bonds is 2. The van der Waals surface area contributed by atoms with Gasteiger partial charge in [0.25, 0.3) is 5.69 Å². The molecule has 14 heavy (non-hydrogen) atoms. The van der Waals surface area contributed by atoms with Crippen LogP contribution in [0.3, 0.4) is 0 Å². The Hall–Kier alpha value is -1.62. The Morgan fingerprint density at radius 1 is 1.57 bits per heavy atom. The summed E-state index contributed by atoms with van der Waals surface area (Å²) in [5.41, 5.74) is 5.22. The third-order valence-corrected chi connectivity index (χ3v) is 2.02. The van der Waals surface area contributed by atoms with Gasteiger partial charge in [-0.2, -0.15) is 0 Å². The summed E-state index contributed by atoms with van der Waals surface area (Å²) < 4.78 is 0. The first-order valence-electron chi connectivity index (χ1n) is 3.68. The van der Waals surface area contributed by atoms with Gasteiger partial charge in [-0.25, -0.2) is 0 Å². The Labute approximate surface area is 84.6 Å². The molecule has 0 atom stereocenters. The molecule has 0 radical (unpaired) electrons. The van der Waals surface area contributed by atoms with Crippen LogP contribution in [0.1, 0.15) is 17.3 Å². The normalized spacial score (nSPS) is 9.86. The molecule has 0 aliphatic rings. The summed E-state index contributed by atoms with van der Waals surface area (Å²) >= 11 is 5.59. The Bertz CT molecular complexity index is 378. The van der Waals surface area contributed by atoms with Gasteiger partial charge in [0.05, 0.1) is 21.2 Å². The van der Waals surface area contributed by atoms with E-state index in [1.54, 1.807) is 0 Å². The summed E-state index contributed by atoms with van der Waals surface area (Å²) in [7, 11) is 0. The molecule has 0 spiro atoms. The van der Waals surface area contributed by atoms with Crippen molar-refractivity contribution in [2.24, 2.45) is 0 Å². The predicted octanol–water partition coefficient (Wildman–Crippen LogP) is 2.03. The van der Waals surface area contributed by atoms with Crippen molar-refractivity contribution in [2.75, 3.05) is 5.73 Å². The summed E-state index contributed by atoms with van der Waals surface area (Å²) in [5, 5.41) is 10.6. The number of halogens is 1. The van der Waals surface area contributed by atoms with E-state index in [1.807, 2.05) is 0 Å². The average Bonchev–Trinajstić information content (AvgIpc) is 2.08. The van der Waals surface area contributed by atoms with Gasteiger partial charge in [-0.15, -0.1) is 0 Å². The minimum atomic E-state index is -0.665.